The first kappa shape index (κ1) is 47.1. The molecule has 1 aliphatic heterocycles. The van der Waals surface area contributed by atoms with Crippen molar-refractivity contribution >= 4 is 22.6 Å². The number of fused-ring (bicyclic) bond motifs is 1. The number of rotatable bonds is 19. The van der Waals surface area contributed by atoms with Crippen molar-refractivity contribution in [1.82, 2.24) is 0 Å². The number of carbonyl (C=O) groups excluding carboxylic acids is 1. The standard InChI is InChI=1S/C48H82O6Si2/c1-35(22-21-31-51-55(13,14)44(4,5)6)39-28-30-47(11)40(25-20-29-46(39,47)10)41(52-37(3)49)27-26-36(2)42(54-56(15,16)45(7,8)9)32-43-48(12,53-43)34-50-33-38-23-18-17-19-24-38/h17-19,23-26,35,39,41-43H,20-22,27-34H2,1-16H3/b36-26+/t35-,39-,41-,42-,43+,46-,47+,48+/m1/s1. The highest BCUT2D eigenvalue weighted by atomic mass is 28.4. The summed E-state index contributed by atoms with van der Waals surface area (Å²) < 4.78 is 32.6. The molecule has 0 unspecified atom stereocenters. The zero-order valence-corrected chi connectivity index (χ0v) is 40.7. The maximum atomic E-state index is 12.8. The average Bonchev–Trinajstić information content (AvgIpc) is 3.62. The molecule has 2 fully saturated rings. The molecule has 8 heteroatoms. The van der Waals surface area contributed by atoms with E-state index in [0.717, 1.165) is 32.3 Å². The zero-order valence-electron chi connectivity index (χ0n) is 38.7. The molecule has 3 aliphatic rings. The molecule has 0 aromatic heterocycles. The van der Waals surface area contributed by atoms with Crippen molar-refractivity contribution in [2.75, 3.05) is 13.2 Å². The average molecular weight is 811 g/mol. The van der Waals surface area contributed by atoms with Gasteiger partial charge in [-0.3, -0.25) is 4.79 Å². The Morgan fingerprint density at radius 3 is 2.21 bits per heavy atom. The summed E-state index contributed by atoms with van der Waals surface area (Å²) in [4.78, 5) is 12.8. The Labute approximate surface area is 345 Å². The van der Waals surface area contributed by atoms with Gasteiger partial charge in [-0.2, -0.15) is 0 Å². The summed E-state index contributed by atoms with van der Waals surface area (Å²) in [6.45, 7) is 38.7. The number of carbonyl (C=O) groups is 1. The monoisotopic (exact) mass is 811 g/mol. The molecule has 0 amide bonds. The minimum atomic E-state index is -2.12. The third-order valence-electron chi connectivity index (χ3n) is 15.5. The number of esters is 1. The van der Waals surface area contributed by atoms with Crippen LogP contribution in [-0.4, -0.2) is 59.7 Å². The Balaban J connectivity index is 1.48. The van der Waals surface area contributed by atoms with Gasteiger partial charge in [-0.25, -0.2) is 0 Å². The Morgan fingerprint density at radius 2 is 1.61 bits per heavy atom. The Bertz CT molecular complexity index is 1520. The quantitative estimate of drug-likeness (QED) is 0.0456. The van der Waals surface area contributed by atoms with Gasteiger partial charge in [0, 0.05) is 26.4 Å². The van der Waals surface area contributed by atoms with Crippen LogP contribution in [-0.2, 0) is 34.5 Å². The maximum absolute atomic E-state index is 12.8. The second-order valence-electron chi connectivity index (χ2n) is 21.6. The third-order valence-corrected chi connectivity index (χ3v) is 24.5. The number of hydrogen-bond donors (Lipinski definition) is 0. The van der Waals surface area contributed by atoms with E-state index in [4.69, 9.17) is 23.1 Å². The summed E-state index contributed by atoms with van der Waals surface area (Å²) in [6, 6.07) is 10.3. The van der Waals surface area contributed by atoms with Crippen molar-refractivity contribution in [2.24, 2.45) is 22.7 Å². The van der Waals surface area contributed by atoms with Gasteiger partial charge in [0.25, 0.3) is 0 Å². The van der Waals surface area contributed by atoms with Crippen molar-refractivity contribution in [2.45, 2.75) is 201 Å². The van der Waals surface area contributed by atoms with Crippen LogP contribution in [0.1, 0.15) is 140 Å². The van der Waals surface area contributed by atoms with E-state index in [1.54, 1.807) is 6.92 Å². The Kier molecular flexibility index (Phi) is 15.1. The molecular formula is C48H82O6Si2. The van der Waals surface area contributed by atoms with Gasteiger partial charge in [-0.05, 0) is 128 Å². The van der Waals surface area contributed by atoms with Gasteiger partial charge >= 0.3 is 5.97 Å². The molecular weight excluding hydrogens is 729 g/mol. The number of benzene rings is 1. The fourth-order valence-electron chi connectivity index (χ4n) is 9.27. The van der Waals surface area contributed by atoms with Crippen LogP contribution in [0.15, 0.2) is 53.6 Å². The van der Waals surface area contributed by atoms with Gasteiger partial charge in [-0.15, -0.1) is 0 Å². The van der Waals surface area contributed by atoms with Crippen LogP contribution < -0.4 is 0 Å². The van der Waals surface area contributed by atoms with E-state index in [1.165, 1.54) is 36.0 Å². The van der Waals surface area contributed by atoms with Crippen molar-refractivity contribution < 1.29 is 27.9 Å². The maximum Gasteiger partial charge on any atom is 0.303 e. The van der Waals surface area contributed by atoms with Gasteiger partial charge in [0.15, 0.2) is 16.6 Å². The van der Waals surface area contributed by atoms with Gasteiger partial charge in [0.2, 0.25) is 0 Å². The predicted octanol–water partition coefficient (Wildman–Crippen LogP) is 13.0. The van der Waals surface area contributed by atoms with Crippen LogP contribution in [0.5, 0.6) is 0 Å². The fourth-order valence-corrected chi connectivity index (χ4v) is 11.7. The number of hydrogen-bond acceptors (Lipinski definition) is 6. The second kappa shape index (κ2) is 18.0. The van der Waals surface area contributed by atoms with Crippen molar-refractivity contribution in [3.05, 3.63) is 59.2 Å². The molecule has 1 aromatic carbocycles. The number of ether oxygens (including phenoxy) is 3. The summed E-state index contributed by atoms with van der Waals surface area (Å²) in [5.74, 6) is 1.03. The van der Waals surface area contributed by atoms with Crippen LogP contribution in [0, 0.1) is 22.7 Å². The Morgan fingerprint density at radius 1 is 0.964 bits per heavy atom. The zero-order chi connectivity index (χ0) is 42.0. The van der Waals surface area contributed by atoms with Crippen LogP contribution in [0.2, 0.25) is 36.3 Å². The highest BCUT2D eigenvalue weighted by Gasteiger charge is 2.59. The van der Waals surface area contributed by atoms with Gasteiger partial charge < -0.3 is 23.1 Å². The molecule has 0 bridgehead atoms. The lowest BCUT2D eigenvalue weighted by Gasteiger charge is -2.51. The normalized spacial score (nSPS) is 29.0. The highest BCUT2D eigenvalue weighted by molar-refractivity contribution is 6.74. The SMILES string of the molecule is CC(=O)O[C@H](C/C=C(\C)[C@@H](C[C@@H]1O[C@@]1(C)COCc1ccccc1)O[Si](C)(C)C(C)(C)C)C1=CCC[C@]2(C)[C@@H]([C@H](C)CCCO[Si](C)(C)C(C)(C)C)CC[C@@]12C. The second-order valence-corrected chi connectivity index (χ2v) is 31.2. The molecule has 0 spiro atoms. The van der Waals surface area contributed by atoms with Gasteiger partial charge in [-0.1, -0.05) is 105 Å². The molecule has 2 aliphatic carbocycles. The lowest BCUT2D eigenvalue weighted by atomic mass is 9.54. The van der Waals surface area contributed by atoms with Crippen molar-refractivity contribution in [3.63, 3.8) is 0 Å². The minimum Gasteiger partial charge on any atom is -0.458 e. The minimum absolute atomic E-state index is 0.0237. The highest BCUT2D eigenvalue weighted by Crippen LogP contribution is 2.66. The van der Waals surface area contributed by atoms with E-state index in [0.29, 0.717) is 31.5 Å². The van der Waals surface area contributed by atoms with Crippen LogP contribution >= 0.6 is 0 Å². The van der Waals surface area contributed by atoms with Gasteiger partial charge in [0.05, 0.1) is 25.4 Å². The third kappa shape index (κ3) is 11.0. The van der Waals surface area contributed by atoms with Crippen LogP contribution in [0.25, 0.3) is 0 Å². The fraction of sp³-hybridized carbons (Fsp3) is 0.771. The smallest absolute Gasteiger partial charge is 0.303 e. The molecule has 318 valence electrons. The van der Waals surface area contributed by atoms with E-state index in [2.05, 4.69) is 127 Å². The summed E-state index contributed by atoms with van der Waals surface area (Å²) in [7, 11) is -3.86. The molecule has 4 rings (SSSR count). The molecule has 56 heavy (non-hydrogen) atoms. The van der Waals surface area contributed by atoms with E-state index in [9.17, 15) is 4.79 Å². The van der Waals surface area contributed by atoms with Crippen LogP contribution in [0.3, 0.4) is 0 Å². The molecule has 0 N–H and O–H groups in total. The lowest BCUT2D eigenvalue weighted by molar-refractivity contribution is -0.145. The summed E-state index contributed by atoms with van der Waals surface area (Å²) >= 11 is 0. The molecule has 6 nitrogen and oxygen atoms in total. The molecule has 1 aromatic rings. The Hall–Kier alpha value is -1.56. The molecule has 1 saturated carbocycles. The van der Waals surface area contributed by atoms with E-state index < -0.39 is 16.6 Å². The van der Waals surface area contributed by atoms with Crippen molar-refractivity contribution in [1.29, 1.82) is 0 Å². The van der Waals surface area contributed by atoms with Crippen LogP contribution in [0.4, 0.5) is 0 Å². The molecule has 1 saturated heterocycles. The first-order valence-corrected chi connectivity index (χ1v) is 27.7. The van der Waals surface area contributed by atoms with E-state index >= 15 is 0 Å². The summed E-state index contributed by atoms with van der Waals surface area (Å²) in [5, 5.41) is 0.304. The number of allylic oxidation sites excluding steroid dienone is 1. The first-order valence-electron chi connectivity index (χ1n) is 21.9. The number of epoxide rings is 1. The summed E-state index contributed by atoms with van der Waals surface area (Å²) in [6.07, 6.45) is 12.7. The molecule has 8 atom stereocenters. The predicted molar refractivity (Wildman–Crippen MR) is 238 cm³/mol. The first-order chi connectivity index (χ1) is 25.8. The largest absolute Gasteiger partial charge is 0.458 e. The molecule has 0 radical (unpaired) electrons. The topological polar surface area (TPSA) is 66.5 Å². The van der Waals surface area contributed by atoms with E-state index in [-0.39, 0.29) is 50.8 Å². The lowest BCUT2D eigenvalue weighted by Crippen LogP contribution is -2.45. The van der Waals surface area contributed by atoms with Crippen molar-refractivity contribution in [3.8, 4) is 0 Å². The van der Waals surface area contributed by atoms with E-state index in [1.807, 2.05) is 18.2 Å². The summed E-state index contributed by atoms with van der Waals surface area (Å²) in [5.41, 5.74) is 3.49. The van der Waals surface area contributed by atoms with Gasteiger partial charge in [0.1, 0.15) is 11.7 Å². The molecule has 1 heterocycles.